The number of aliphatic hydroxyl groups excluding tert-OH is 1. The second kappa shape index (κ2) is 4.57. The summed E-state index contributed by atoms with van der Waals surface area (Å²) in [6, 6.07) is 2.06. The van der Waals surface area contributed by atoms with Gasteiger partial charge in [0.25, 0.3) is 0 Å². The van der Waals surface area contributed by atoms with Crippen molar-refractivity contribution in [3.63, 3.8) is 0 Å². The van der Waals surface area contributed by atoms with Crippen LogP contribution in [0.1, 0.15) is 36.6 Å². The van der Waals surface area contributed by atoms with Gasteiger partial charge in [0.05, 0.1) is 28.1 Å². The van der Waals surface area contributed by atoms with E-state index in [0.717, 1.165) is 10.6 Å². The average molecular weight is 257 g/mol. The Morgan fingerprint density at radius 1 is 1.50 bits per heavy atom. The minimum Gasteiger partial charge on any atom is -0.381 e. The first kappa shape index (κ1) is 11.6. The van der Waals surface area contributed by atoms with Crippen LogP contribution in [-0.4, -0.2) is 14.7 Å². The van der Waals surface area contributed by atoms with Crippen LogP contribution in [0.25, 0.3) is 0 Å². The molecule has 0 saturated heterocycles. The van der Waals surface area contributed by atoms with Gasteiger partial charge < -0.3 is 9.67 Å². The van der Waals surface area contributed by atoms with Gasteiger partial charge in [-0.2, -0.15) is 0 Å². The van der Waals surface area contributed by atoms with Crippen LogP contribution in [0.3, 0.4) is 0 Å². The summed E-state index contributed by atoms with van der Waals surface area (Å²) >= 11 is 7.46. The summed E-state index contributed by atoms with van der Waals surface area (Å²) in [4.78, 5) is 4.84. The van der Waals surface area contributed by atoms with Crippen LogP contribution in [-0.2, 0) is 0 Å². The molecule has 2 aromatic heterocycles. The van der Waals surface area contributed by atoms with Gasteiger partial charge >= 0.3 is 0 Å². The molecular weight excluding hydrogens is 244 g/mol. The molecule has 0 saturated carbocycles. The molecule has 16 heavy (non-hydrogen) atoms. The van der Waals surface area contributed by atoms with Crippen LogP contribution in [0, 0.1) is 0 Å². The van der Waals surface area contributed by atoms with Crippen molar-refractivity contribution in [3.05, 3.63) is 39.6 Å². The number of aliphatic hydroxyl groups is 1. The first-order chi connectivity index (χ1) is 7.61. The third kappa shape index (κ3) is 2.00. The zero-order chi connectivity index (χ0) is 11.7. The largest absolute Gasteiger partial charge is 0.381 e. The molecule has 3 nitrogen and oxygen atoms in total. The Balaban J connectivity index is 2.38. The minimum absolute atomic E-state index is 0.269. The molecule has 0 aliphatic heterocycles. The SMILES string of the molecule is CC(C)n1cncc1C(O)c1sccc1Cl. The zero-order valence-corrected chi connectivity index (χ0v) is 10.7. The van der Waals surface area contributed by atoms with Crippen LogP contribution in [0.15, 0.2) is 24.0 Å². The molecule has 86 valence electrons. The fourth-order valence-electron chi connectivity index (χ4n) is 1.59. The van der Waals surface area contributed by atoms with Crippen LogP contribution >= 0.6 is 22.9 Å². The quantitative estimate of drug-likeness (QED) is 0.915. The van der Waals surface area contributed by atoms with Crippen LogP contribution in [0.4, 0.5) is 0 Å². The highest BCUT2D eigenvalue weighted by molar-refractivity contribution is 7.10. The molecule has 0 spiro atoms. The molecule has 0 bridgehead atoms. The van der Waals surface area contributed by atoms with E-state index in [1.54, 1.807) is 18.6 Å². The summed E-state index contributed by atoms with van der Waals surface area (Å²) in [5.41, 5.74) is 0.777. The van der Waals surface area contributed by atoms with Crippen molar-refractivity contribution in [2.45, 2.75) is 26.0 Å². The first-order valence-electron chi connectivity index (χ1n) is 5.04. The van der Waals surface area contributed by atoms with E-state index in [9.17, 15) is 5.11 Å². The van der Waals surface area contributed by atoms with Crippen molar-refractivity contribution in [3.8, 4) is 0 Å². The normalized spacial score (nSPS) is 13.3. The molecule has 1 N–H and O–H groups in total. The zero-order valence-electron chi connectivity index (χ0n) is 9.09. The summed E-state index contributed by atoms with van der Waals surface area (Å²) in [5, 5.41) is 12.7. The van der Waals surface area contributed by atoms with Gasteiger partial charge in [-0.15, -0.1) is 11.3 Å². The molecule has 0 aromatic carbocycles. The standard InChI is InChI=1S/C11H13ClN2OS/c1-7(2)14-6-13-5-9(14)10(15)11-8(12)3-4-16-11/h3-7,10,15H,1-2H3. The third-order valence-corrected chi connectivity index (χ3v) is 3.84. The van der Waals surface area contributed by atoms with Gasteiger partial charge in [-0.25, -0.2) is 4.98 Å². The summed E-state index contributed by atoms with van der Waals surface area (Å²) in [6.45, 7) is 4.10. The predicted octanol–water partition coefficient (Wildman–Crippen LogP) is 3.26. The highest BCUT2D eigenvalue weighted by Gasteiger charge is 2.19. The third-order valence-electron chi connectivity index (χ3n) is 2.43. The second-order valence-electron chi connectivity index (χ2n) is 3.85. The van der Waals surface area contributed by atoms with Crippen LogP contribution in [0.2, 0.25) is 5.02 Å². The van der Waals surface area contributed by atoms with Gasteiger partial charge in [0.1, 0.15) is 6.10 Å². The lowest BCUT2D eigenvalue weighted by atomic mass is 10.2. The van der Waals surface area contributed by atoms with E-state index in [1.807, 2.05) is 23.8 Å². The first-order valence-corrected chi connectivity index (χ1v) is 6.29. The van der Waals surface area contributed by atoms with Crippen LogP contribution < -0.4 is 0 Å². The summed E-state index contributed by atoms with van der Waals surface area (Å²) in [7, 11) is 0. The summed E-state index contributed by atoms with van der Waals surface area (Å²) in [5.74, 6) is 0. The topological polar surface area (TPSA) is 38.0 Å². The molecule has 2 aromatic rings. The van der Waals surface area contributed by atoms with Crippen LogP contribution in [0.5, 0.6) is 0 Å². The highest BCUT2D eigenvalue weighted by Crippen LogP contribution is 2.33. The number of imidazole rings is 1. The van der Waals surface area contributed by atoms with E-state index in [4.69, 9.17) is 11.6 Å². The fourth-order valence-corrected chi connectivity index (χ4v) is 2.75. The Morgan fingerprint density at radius 2 is 2.25 bits per heavy atom. The molecule has 2 heterocycles. The van der Waals surface area contributed by atoms with E-state index in [2.05, 4.69) is 4.98 Å². The van der Waals surface area contributed by atoms with E-state index in [1.165, 1.54) is 11.3 Å². The van der Waals surface area contributed by atoms with E-state index >= 15 is 0 Å². The van der Waals surface area contributed by atoms with E-state index < -0.39 is 6.10 Å². The summed E-state index contributed by atoms with van der Waals surface area (Å²) < 4.78 is 1.95. The number of hydrogen-bond acceptors (Lipinski definition) is 3. The Bertz CT molecular complexity index is 478. The number of rotatable bonds is 3. The van der Waals surface area contributed by atoms with Gasteiger partial charge in [-0.05, 0) is 25.3 Å². The number of hydrogen-bond donors (Lipinski definition) is 1. The van der Waals surface area contributed by atoms with Crippen molar-refractivity contribution in [1.82, 2.24) is 9.55 Å². The minimum atomic E-state index is -0.697. The lowest BCUT2D eigenvalue weighted by Gasteiger charge is -2.15. The van der Waals surface area contributed by atoms with Crippen molar-refractivity contribution < 1.29 is 5.11 Å². The molecule has 0 aliphatic rings. The molecular formula is C11H13ClN2OS. The Kier molecular flexibility index (Phi) is 3.33. The molecule has 0 aliphatic carbocycles. The predicted molar refractivity (Wildman–Crippen MR) is 66.0 cm³/mol. The number of aromatic nitrogens is 2. The Labute approximate surface area is 103 Å². The average Bonchev–Trinajstić information content (AvgIpc) is 2.84. The maximum absolute atomic E-state index is 10.2. The molecule has 1 atom stereocenters. The molecule has 5 heteroatoms. The maximum Gasteiger partial charge on any atom is 0.131 e. The van der Waals surface area contributed by atoms with Gasteiger partial charge in [0.15, 0.2) is 0 Å². The van der Waals surface area contributed by atoms with Gasteiger partial charge in [-0.3, -0.25) is 0 Å². The van der Waals surface area contributed by atoms with Crippen molar-refractivity contribution in [1.29, 1.82) is 0 Å². The van der Waals surface area contributed by atoms with Crippen molar-refractivity contribution in [2.75, 3.05) is 0 Å². The van der Waals surface area contributed by atoms with Crippen molar-refractivity contribution >= 4 is 22.9 Å². The summed E-state index contributed by atoms with van der Waals surface area (Å²) in [6.07, 6.45) is 2.71. The van der Waals surface area contributed by atoms with Gasteiger partial charge in [0.2, 0.25) is 0 Å². The Morgan fingerprint density at radius 3 is 2.81 bits per heavy atom. The number of nitrogens with zero attached hydrogens (tertiary/aromatic N) is 2. The van der Waals surface area contributed by atoms with E-state index in [0.29, 0.717) is 5.02 Å². The lowest BCUT2D eigenvalue weighted by Crippen LogP contribution is -2.09. The van der Waals surface area contributed by atoms with E-state index in [-0.39, 0.29) is 6.04 Å². The number of thiophene rings is 1. The maximum atomic E-state index is 10.2. The highest BCUT2D eigenvalue weighted by atomic mass is 35.5. The molecule has 2 rings (SSSR count). The lowest BCUT2D eigenvalue weighted by molar-refractivity contribution is 0.211. The second-order valence-corrected chi connectivity index (χ2v) is 5.21. The molecule has 1 unspecified atom stereocenters. The van der Waals surface area contributed by atoms with Gasteiger partial charge in [-0.1, -0.05) is 11.6 Å². The van der Waals surface area contributed by atoms with Gasteiger partial charge in [0, 0.05) is 6.04 Å². The molecule has 0 fully saturated rings. The Hall–Kier alpha value is -0.840. The smallest absolute Gasteiger partial charge is 0.131 e. The van der Waals surface area contributed by atoms with Crippen molar-refractivity contribution in [2.24, 2.45) is 0 Å². The fraction of sp³-hybridized carbons (Fsp3) is 0.364. The molecule has 0 amide bonds. The molecule has 0 radical (unpaired) electrons. The number of halogens is 1. The monoisotopic (exact) mass is 256 g/mol.